The fraction of sp³-hybridized carbons (Fsp3) is 0.125. The van der Waals surface area contributed by atoms with Gasteiger partial charge < -0.3 is 0 Å². The molecule has 60 valence electrons. The predicted octanol–water partition coefficient (Wildman–Crippen LogP) is 3.44. The van der Waals surface area contributed by atoms with Crippen LogP contribution < -0.4 is 0 Å². The van der Waals surface area contributed by atoms with Crippen LogP contribution in [0.15, 0.2) is 18.2 Å². The summed E-state index contributed by atoms with van der Waals surface area (Å²) in [5.41, 5.74) is 0.425. The first-order chi connectivity index (χ1) is 4.75. The van der Waals surface area contributed by atoms with Crippen molar-refractivity contribution in [1.29, 1.82) is 0 Å². The van der Waals surface area contributed by atoms with Gasteiger partial charge in [-0.2, -0.15) is 0 Å². The Labute approximate surface area is 75.9 Å². The average molecular weight is 191 g/mol. The zero-order valence-corrected chi connectivity index (χ0v) is 6.49. The Hall–Kier alpha value is -0.530. The summed E-state index contributed by atoms with van der Waals surface area (Å²) in [6.45, 7) is 0. The topological polar surface area (TPSA) is 17.1 Å². The van der Waals surface area contributed by atoms with E-state index in [-0.39, 0.29) is 7.43 Å². The largest absolute Gasteiger partial charge is 0.298 e. The number of hydrogen-bond donors (Lipinski definition) is 0. The number of carbonyl (C=O) groups is 1. The minimum absolute atomic E-state index is 0. The molecule has 0 aromatic heterocycles. The molecular formula is C8H8Cl2O. The maximum Gasteiger partial charge on any atom is 0.151 e. The van der Waals surface area contributed by atoms with Crippen LogP contribution in [0.2, 0.25) is 10.0 Å². The van der Waals surface area contributed by atoms with Crippen LogP contribution >= 0.6 is 23.2 Å². The van der Waals surface area contributed by atoms with E-state index in [4.69, 9.17) is 23.2 Å². The lowest BCUT2D eigenvalue weighted by molar-refractivity contribution is 0.112. The normalized spacial score (nSPS) is 8.55. The Morgan fingerprint density at radius 3 is 2.36 bits per heavy atom. The predicted molar refractivity (Wildman–Crippen MR) is 48.6 cm³/mol. The van der Waals surface area contributed by atoms with Gasteiger partial charge in [-0.05, 0) is 6.07 Å². The van der Waals surface area contributed by atoms with Crippen molar-refractivity contribution >= 4 is 29.5 Å². The molecule has 0 amide bonds. The van der Waals surface area contributed by atoms with Gasteiger partial charge >= 0.3 is 0 Å². The van der Waals surface area contributed by atoms with Gasteiger partial charge in [0, 0.05) is 5.56 Å². The molecule has 0 aliphatic rings. The van der Waals surface area contributed by atoms with Gasteiger partial charge in [-0.1, -0.05) is 42.8 Å². The molecule has 0 spiro atoms. The summed E-state index contributed by atoms with van der Waals surface area (Å²) >= 11 is 11.2. The van der Waals surface area contributed by atoms with Crippen molar-refractivity contribution < 1.29 is 4.79 Å². The second kappa shape index (κ2) is 4.37. The molecule has 0 saturated heterocycles. The summed E-state index contributed by atoms with van der Waals surface area (Å²) in [4.78, 5) is 10.2. The Kier molecular flexibility index (Phi) is 4.16. The van der Waals surface area contributed by atoms with E-state index in [0.717, 1.165) is 0 Å². The molecule has 0 fully saturated rings. The van der Waals surface area contributed by atoms with E-state index < -0.39 is 0 Å². The molecule has 0 N–H and O–H groups in total. The molecule has 0 bridgehead atoms. The fourth-order valence-corrected chi connectivity index (χ4v) is 0.964. The number of rotatable bonds is 1. The highest BCUT2D eigenvalue weighted by atomic mass is 35.5. The summed E-state index contributed by atoms with van der Waals surface area (Å²) in [5, 5.41) is 0.727. The van der Waals surface area contributed by atoms with E-state index in [1.165, 1.54) is 0 Å². The van der Waals surface area contributed by atoms with Crippen molar-refractivity contribution in [3.63, 3.8) is 0 Å². The number of halogens is 2. The molecular weight excluding hydrogens is 183 g/mol. The lowest BCUT2D eigenvalue weighted by Crippen LogP contribution is -1.80. The first-order valence-corrected chi connectivity index (χ1v) is 3.40. The van der Waals surface area contributed by atoms with E-state index >= 15 is 0 Å². The monoisotopic (exact) mass is 190 g/mol. The van der Waals surface area contributed by atoms with Gasteiger partial charge in [-0.25, -0.2) is 0 Å². The van der Waals surface area contributed by atoms with Crippen LogP contribution in [-0.2, 0) is 0 Å². The van der Waals surface area contributed by atoms with Crippen molar-refractivity contribution in [3.8, 4) is 0 Å². The molecule has 3 heteroatoms. The van der Waals surface area contributed by atoms with Crippen LogP contribution in [0, 0.1) is 0 Å². The molecule has 0 unspecified atom stereocenters. The molecule has 0 heterocycles. The summed E-state index contributed by atoms with van der Waals surface area (Å²) < 4.78 is 0. The second-order valence-corrected chi connectivity index (χ2v) is 2.55. The minimum Gasteiger partial charge on any atom is -0.298 e. The van der Waals surface area contributed by atoms with Gasteiger partial charge in [-0.15, -0.1) is 0 Å². The SMILES string of the molecule is C.O=Cc1cccc(Cl)c1Cl. The van der Waals surface area contributed by atoms with E-state index in [2.05, 4.69) is 0 Å². The Bertz CT molecular complexity index is 258. The summed E-state index contributed by atoms with van der Waals surface area (Å²) in [7, 11) is 0. The zero-order chi connectivity index (χ0) is 7.56. The van der Waals surface area contributed by atoms with Crippen LogP contribution in [0.25, 0.3) is 0 Å². The van der Waals surface area contributed by atoms with E-state index in [0.29, 0.717) is 21.9 Å². The van der Waals surface area contributed by atoms with Crippen LogP contribution in [0.1, 0.15) is 17.8 Å². The molecule has 0 aliphatic carbocycles. The average Bonchev–Trinajstić information content (AvgIpc) is 1.95. The first kappa shape index (κ1) is 10.5. The van der Waals surface area contributed by atoms with E-state index in [9.17, 15) is 4.79 Å². The molecule has 1 rings (SSSR count). The van der Waals surface area contributed by atoms with Crippen molar-refractivity contribution in [2.75, 3.05) is 0 Å². The lowest BCUT2D eigenvalue weighted by Gasteiger charge is -1.95. The zero-order valence-electron chi connectivity index (χ0n) is 4.97. The Morgan fingerprint density at radius 1 is 1.27 bits per heavy atom. The van der Waals surface area contributed by atoms with Gasteiger partial charge in [0.15, 0.2) is 6.29 Å². The highest BCUT2D eigenvalue weighted by Gasteiger charge is 2.00. The summed E-state index contributed by atoms with van der Waals surface area (Å²) in [6, 6.07) is 4.93. The molecule has 1 aromatic rings. The maximum atomic E-state index is 10.2. The first-order valence-electron chi connectivity index (χ1n) is 2.65. The molecule has 0 atom stereocenters. The van der Waals surface area contributed by atoms with Crippen molar-refractivity contribution in [2.24, 2.45) is 0 Å². The summed E-state index contributed by atoms with van der Waals surface area (Å²) in [6.07, 6.45) is 0.675. The third kappa shape index (κ3) is 2.21. The van der Waals surface area contributed by atoms with Gasteiger partial charge in [-0.3, -0.25) is 4.79 Å². The smallest absolute Gasteiger partial charge is 0.151 e. The minimum atomic E-state index is 0. The van der Waals surface area contributed by atoms with Gasteiger partial charge in [0.25, 0.3) is 0 Å². The molecule has 0 saturated carbocycles. The molecule has 1 nitrogen and oxygen atoms in total. The van der Waals surface area contributed by atoms with Gasteiger partial charge in [0.2, 0.25) is 0 Å². The third-order valence-electron chi connectivity index (χ3n) is 1.11. The molecule has 0 radical (unpaired) electrons. The van der Waals surface area contributed by atoms with Crippen molar-refractivity contribution in [3.05, 3.63) is 33.8 Å². The number of carbonyl (C=O) groups excluding carboxylic acids is 1. The van der Waals surface area contributed by atoms with Crippen LogP contribution in [0.4, 0.5) is 0 Å². The lowest BCUT2D eigenvalue weighted by atomic mass is 10.2. The van der Waals surface area contributed by atoms with Crippen molar-refractivity contribution in [1.82, 2.24) is 0 Å². The Balaban J connectivity index is 0.000001000. The highest BCUT2D eigenvalue weighted by molar-refractivity contribution is 6.43. The third-order valence-corrected chi connectivity index (χ3v) is 1.94. The molecule has 0 aliphatic heterocycles. The highest BCUT2D eigenvalue weighted by Crippen LogP contribution is 2.23. The Morgan fingerprint density at radius 2 is 1.91 bits per heavy atom. The molecule has 11 heavy (non-hydrogen) atoms. The number of aldehydes is 1. The van der Waals surface area contributed by atoms with Crippen molar-refractivity contribution in [2.45, 2.75) is 7.43 Å². The fourth-order valence-electron chi connectivity index (χ4n) is 0.611. The number of benzene rings is 1. The second-order valence-electron chi connectivity index (χ2n) is 1.76. The van der Waals surface area contributed by atoms with Crippen LogP contribution in [-0.4, -0.2) is 6.29 Å². The standard InChI is InChI=1S/C7H4Cl2O.CH4/c8-6-3-1-2-5(4-10)7(6)9;/h1-4H;1H4. The quantitative estimate of drug-likeness (QED) is 0.621. The van der Waals surface area contributed by atoms with Gasteiger partial charge in [0.05, 0.1) is 10.0 Å². The maximum absolute atomic E-state index is 10.2. The number of hydrogen-bond acceptors (Lipinski definition) is 1. The van der Waals surface area contributed by atoms with Crippen LogP contribution in [0.3, 0.4) is 0 Å². The van der Waals surface area contributed by atoms with E-state index in [1.807, 2.05) is 0 Å². The van der Waals surface area contributed by atoms with E-state index in [1.54, 1.807) is 18.2 Å². The summed E-state index contributed by atoms with van der Waals surface area (Å²) in [5.74, 6) is 0. The van der Waals surface area contributed by atoms with Gasteiger partial charge in [0.1, 0.15) is 0 Å². The van der Waals surface area contributed by atoms with Crippen LogP contribution in [0.5, 0.6) is 0 Å². The molecule has 1 aromatic carbocycles.